The number of rotatable bonds is 4. The van der Waals surface area contributed by atoms with Crippen molar-refractivity contribution in [1.29, 1.82) is 0 Å². The highest BCUT2D eigenvalue weighted by Gasteiger charge is 2.30. The minimum Gasteiger partial charge on any atom is -0.444 e. The lowest BCUT2D eigenvalue weighted by Gasteiger charge is -2.36. The molecular formula is C13H26N2O3. The van der Waals surface area contributed by atoms with Crippen LogP contribution in [0.15, 0.2) is 0 Å². The first-order valence-electron chi connectivity index (χ1n) is 6.71. The lowest BCUT2D eigenvalue weighted by Crippen LogP contribution is -2.48. The highest BCUT2D eigenvalue weighted by Crippen LogP contribution is 2.20. The molecule has 1 aliphatic heterocycles. The molecule has 5 heteroatoms. The smallest absolute Gasteiger partial charge is 0.410 e. The molecule has 0 aromatic rings. The molecule has 2 N–H and O–H groups in total. The van der Waals surface area contributed by atoms with Gasteiger partial charge in [0.2, 0.25) is 0 Å². The van der Waals surface area contributed by atoms with Crippen molar-refractivity contribution < 1.29 is 14.3 Å². The topological polar surface area (TPSA) is 64.8 Å². The lowest BCUT2D eigenvalue weighted by atomic mass is 10.0. The number of ether oxygens (including phenoxy) is 2. The maximum absolute atomic E-state index is 12.1. The Kier molecular flexibility index (Phi) is 5.88. The first-order valence-corrected chi connectivity index (χ1v) is 6.71. The van der Waals surface area contributed by atoms with Crippen LogP contribution in [-0.4, -0.2) is 48.9 Å². The number of likely N-dealkylation sites (tertiary alicyclic amines) is 1. The highest BCUT2D eigenvalue weighted by molar-refractivity contribution is 5.68. The predicted molar refractivity (Wildman–Crippen MR) is 70.5 cm³/mol. The molecule has 0 unspecified atom stereocenters. The first-order chi connectivity index (χ1) is 8.44. The van der Waals surface area contributed by atoms with E-state index in [-0.39, 0.29) is 12.1 Å². The van der Waals surface area contributed by atoms with E-state index in [1.165, 1.54) is 0 Å². The van der Waals surface area contributed by atoms with Crippen molar-refractivity contribution in [1.82, 2.24) is 4.90 Å². The lowest BCUT2D eigenvalue weighted by molar-refractivity contribution is -0.00693. The van der Waals surface area contributed by atoms with E-state index < -0.39 is 5.60 Å². The Hall–Kier alpha value is -0.810. The van der Waals surface area contributed by atoms with Gasteiger partial charge in [-0.3, -0.25) is 0 Å². The number of carbonyl (C=O) groups is 1. The summed E-state index contributed by atoms with van der Waals surface area (Å²) in [5.74, 6) is 0. The predicted octanol–water partition coefficient (Wildman–Crippen LogP) is 1.75. The largest absolute Gasteiger partial charge is 0.444 e. The zero-order chi connectivity index (χ0) is 13.6. The number of piperidine rings is 1. The SMILES string of the molecule is CC(C)(C)OC(=O)N1CCCC[C@@H]1COCCN. The Labute approximate surface area is 110 Å². The Balaban J connectivity index is 2.50. The van der Waals surface area contributed by atoms with E-state index in [9.17, 15) is 4.79 Å². The van der Waals surface area contributed by atoms with E-state index in [2.05, 4.69) is 0 Å². The maximum atomic E-state index is 12.1. The minimum absolute atomic E-state index is 0.125. The molecule has 1 amide bonds. The van der Waals surface area contributed by atoms with Crippen molar-refractivity contribution in [2.75, 3.05) is 26.3 Å². The molecule has 1 rings (SSSR count). The summed E-state index contributed by atoms with van der Waals surface area (Å²) >= 11 is 0. The molecule has 18 heavy (non-hydrogen) atoms. The molecule has 1 heterocycles. The van der Waals surface area contributed by atoms with Crippen LogP contribution in [0.3, 0.4) is 0 Å². The van der Waals surface area contributed by atoms with Crippen molar-refractivity contribution in [2.24, 2.45) is 5.73 Å². The molecule has 0 aromatic carbocycles. The normalized spacial score (nSPS) is 20.9. The van der Waals surface area contributed by atoms with Crippen LogP contribution < -0.4 is 5.73 Å². The van der Waals surface area contributed by atoms with Gasteiger partial charge < -0.3 is 20.1 Å². The molecule has 0 radical (unpaired) electrons. The van der Waals surface area contributed by atoms with E-state index in [0.29, 0.717) is 19.8 Å². The molecule has 0 saturated carbocycles. The Morgan fingerprint density at radius 2 is 2.11 bits per heavy atom. The molecular weight excluding hydrogens is 232 g/mol. The van der Waals surface area contributed by atoms with Crippen molar-refractivity contribution in [3.63, 3.8) is 0 Å². The fourth-order valence-corrected chi connectivity index (χ4v) is 2.04. The Bertz CT molecular complexity index is 263. The second kappa shape index (κ2) is 6.95. The van der Waals surface area contributed by atoms with Gasteiger partial charge in [0.1, 0.15) is 5.60 Å². The second-order valence-corrected chi connectivity index (χ2v) is 5.69. The monoisotopic (exact) mass is 258 g/mol. The second-order valence-electron chi connectivity index (χ2n) is 5.69. The van der Waals surface area contributed by atoms with Crippen LogP contribution >= 0.6 is 0 Å². The molecule has 5 nitrogen and oxygen atoms in total. The van der Waals surface area contributed by atoms with Crippen LogP contribution in [0.25, 0.3) is 0 Å². The maximum Gasteiger partial charge on any atom is 0.410 e. The summed E-state index contributed by atoms with van der Waals surface area (Å²) in [5, 5.41) is 0. The van der Waals surface area contributed by atoms with Crippen molar-refractivity contribution in [2.45, 2.75) is 51.7 Å². The van der Waals surface area contributed by atoms with Gasteiger partial charge in [-0.15, -0.1) is 0 Å². The van der Waals surface area contributed by atoms with Crippen LogP contribution in [0.4, 0.5) is 4.79 Å². The summed E-state index contributed by atoms with van der Waals surface area (Å²) in [7, 11) is 0. The van der Waals surface area contributed by atoms with Gasteiger partial charge in [-0.2, -0.15) is 0 Å². The molecule has 0 aromatic heterocycles. The first kappa shape index (κ1) is 15.2. The zero-order valence-electron chi connectivity index (χ0n) is 11.8. The highest BCUT2D eigenvalue weighted by atomic mass is 16.6. The zero-order valence-corrected chi connectivity index (χ0v) is 11.8. The van der Waals surface area contributed by atoms with E-state index in [1.807, 2.05) is 20.8 Å². The van der Waals surface area contributed by atoms with E-state index in [4.69, 9.17) is 15.2 Å². The van der Waals surface area contributed by atoms with Crippen molar-refractivity contribution in [3.8, 4) is 0 Å². The minimum atomic E-state index is -0.447. The standard InChI is InChI=1S/C13H26N2O3/c1-13(2,3)18-12(16)15-8-5-4-6-11(15)10-17-9-7-14/h11H,4-10,14H2,1-3H3/t11-/m1/s1. The van der Waals surface area contributed by atoms with Gasteiger partial charge in [-0.25, -0.2) is 4.79 Å². The van der Waals surface area contributed by atoms with Crippen LogP contribution in [0.5, 0.6) is 0 Å². The summed E-state index contributed by atoms with van der Waals surface area (Å²) in [6.45, 7) is 8.01. The molecule has 0 spiro atoms. The molecule has 0 bridgehead atoms. The average Bonchev–Trinajstić information content (AvgIpc) is 2.27. The summed E-state index contributed by atoms with van der Waals surface area (Å²) in [6, 6.07) is 0.125. The van der Waals surface area contributed by atoms with Crippen LogP contribution in [0.1, 0.15) is 40.0 Å². The average molecular weight is 258 g/mol. The number of hydrogen-bond donors (Lipinski definition) is 1. The summed E-state index contributed by atoms with van der Waals surface area (Å²) in [5.41, 5.74) is 4.94. The summed E-state index contributed by atoms with van der Waals surface area (Å²) in [6.07, 6.45) is 2.91. The van der Waals surface area contributed by atoms with Gasteiger partial charge in [0.15, 0.2) is 0 Å². The van der Waals surface area contributed by atoms with Gasteiger partial charge in [0, 0.05) is 13.1 Å². The fourth-order valence-electron chi connectivity index (χ4n) is 2.04. The Morgan fingerprint density at radius 3 is 2.72 bits per heavy atom. The van der Waals surface area contributed by atoms with Crippen molar-refractivity contribution >= 4 is 6.09 Å². The van der Waals surface area contributed by atoms with E-state index >= 15 is 0 Å². The van der Waals surface area contributed by atoms with Gasteiger partial charge in [-0.1, -0.05) is 0 Å². The van der Waals surface area contributed by atoms with Gasteiger partial charge in [0.25, 0.3) is 0 Å². The third kappa shape index (κ3) is 5.23. The third-order valence-corrected chi connectivity index (χ3v) is 2.83. The van der Waals surface area contributed by atoms with E-state index in [1.54, 1.807) is 4.90 Å². The molecule has 1 aliphatic rings. The van der Waals surface area contributed by atoms with Crippen LogP contribution in [-0.2, 0) is 9.47 Å². The molecule has 1 fully saturated rings. The Morgan fingerprint density at radius 1 is 1.39 bits per heavy atom. The molecule has 1 saturated heterocycles. The number of nitrogens with zero attached hydrogens (tertiary/aromatic N) is 1. The number of amides is 1. The number of carbonyl (C=O) groups excluding carboxylic acids is 1. The molecule has 106 valence electrons. The van der Waals surface area contributed by atoms with Crippen LogP contribution in [0, 0.1) is 0 Å². The number of hydrogen-bond acceptors (Lipinski definition) is 4. The van der Waals surface area contributed by atoms with Gasteiger partial charge in [-0.05, 0) is 40.0 Å². The summed E-state index contributed by atoms with van der Waals surface area (Å²) < 4.78 is 10.9. The fraction of sp³-hybridized carbons (Fsp3) is 0.923. The van der Waals surface area contributed by atoms with E-state index in [0.717, 1.165) is 25.8 Å². The van der Waals surface area contributed by atoms with Gasteiger partial charge >= 0.3 is 6.09 Å². The van der Waals surface area contributed by atoms with Crippen LogP contribution in [0.2, 0.25) is 0 Å². The summed E-state index contributed by atoms with van der Waals surface area (Å²) in [4.78, 5) is 13.9. The quantitative estimate of drug-likeness (QED) is 0.780. The molecule has 1 atom stereocenters. The number of nitrogens with two attached hydrogens (primary N) is 1. The third-order valence-electron chi connectivity index (χ3n) is 2.83. The van der Waals surface area contributed by atoms with Crippen molar-refractivity contribution in [3.05, 3.63) is 0 Å². The molecule has 0 aliphatic carbocycles. The van der Waals surface area contributed by atoms with Gasteiger partial charge in [0.05, 0.1) is 19.3 Å².